The maximum absolute atomic E-state index is 12.5. The summed E-state index contributed by atoms with van der Waals surface area (Å²) in [6.07, 6.45) is 0. The molecule has 3 aromatic rings. The number of hydrogen-bond donors (Lipinski definition) is 0. The monoisotopic (exact) mass is 455 g/mol. The molecular formula is C23H22ClN3O3S. The van der Waals surface area contributed by atoms with Gasteiger partial charge in [0.15, 0.2) is 16.6 Å². The SMILES string of the molecule is CCOc1cc(C#N)ccc1OCc1csc(N(C(C)=O)c2c(C)cc(C)cc2Cl)n1. The molecular weight excluding hydrogens is 434 g/mol. The highest BCUT2D eigenvalue weighted by molar-refractivity contribution is 7.14. The van der Waals surface area contributed by atoms with Crippen molar-refractivity contribution >= 4 is 39.7 Å². The Labute approximate surface area is 190 Å². The van der Waals surface area contributed by atoms with Gasteiger partial charge in [-0.05, 0) is 50.1 Å². The van der Waals surface area contributed by atoms with Gasteiger partial charge in [-0.15, -0.1) is 11.3 Å². The number of thiazole rings is 1. The largest absolute Gasteiger partial charge is 0.490 e. The number of aromatic nitrogens is 1. The van der Waals surface area contributed by atoms with E-state index in [0.29, 0.717) is 45.2 Å². The van der Waals surface area contributed by atoms with Gasteiger partial charge in [0.05, 0.1) is 34.6 Å². The fraction of sp³-hybridized carbons (Fsp3) is 0.261. The van der Waals surface area contributed by atoms with Gasteiger partial charge in [-0.3, -0.25) is 9.69 Å². The number of hydrogen-bond acceptors (Lipinski definition) is 6. The van der Waals surface area contributed by atoms with Crippen LogP contribution in [0.25, 0.3) is 0 Å². The normalized spacial score (nSPS) is 10.5. The van der Waals surface area contributed by atoms with E-state index >= 15 is 0 Å². The number of nitriles is 1. The van der Waals surface area contributed by atoms with Crippen molar-refractivity contribution in [2.75, 3.05) is 11.5 Å². The third kappa shape index (κ3) is 5.16. The number of carbonyl (C=O) groups is 1. The first-order valence-electron chi connectivity index (χ1n) is 9.65. The van der Waals surface area contributed by atoms with E-state index in [-0.39, 0.29) is 12.5 Å². The molecule has 8 heteroatoms. The standard InChI is InChI=1S/C23H22ClN3O3S/c1-5-29-21-10-17(11-25)6-7-20(21)30-12-18-13-31-23(26-18)27(16(4)28)22-15(3)8-14(2)9-19(22)24/h6-10,13H,5,12H2,1-4H3. The molecule has 0 aliphatic carbocycles. The predicted molar refractivity (Wildman–Crippen MR) is 123 cm³/mol. The molecule has 0 spiro atoms. The molecule has 2 aromatic carbocycles. The molecule has 0 bridgehead atoms. The molecule has 1 aromatic heterocycles. The number of rotatable bonds is 7. The first-order valence-corrected chi connectivity index (χ1v) is 10.9. The predicted octanol–water partition coefficient (Wildman–Crippen LogP) is 5.95. The number of amides is 1. The van der Waals surface area contributed by atoms with Crippen LogP contribution < -0.4 is 14.4 Å². The van der Waals surface area contributed by atoms with Crippen LogP contribution in [0.4, 0.5) is 10.8 Å². The lowest BCUT2D eigenvalue weighted by Crippen LogP contribution is -2.24. The summed E-state index contributed by atoms with van der Waals surface area (Å²) in [5, 5.41) is 11.9. The minimum atomic E-state index is -0.179. The van der Waals surface area contributed by atoms with Gasteiger partial charge in [0.1, 0.15) is 6.61 Å². The van der Waals surface area contributed by atoms with Gasteiger partial charge in [0.2, 0.25) is 5.91 Å². The average molecular weight is 456 g/mol. The lowest BCUT2D eigenvalue weighted by Gasteiger charge is -2.22. The van der Waals surface area contributed by atoms with Gasteiger partial charge < -0.3 is 9.47 Å². The molecule has 0 saturated heterocycles. The average Bonchev–Trinajstić information content (AvgIpc) is 3.17. The van der Waals surface area contributed by atoms with Crippen LogP contribution in [0.5, 0.6) is 11.5 Å². The molecule has 1 amide bonds. The molecule has 0 radical (unpaired) electrons. The van der Waals surface area contributed by atoms with Crippen molar-refractivity contribution in [1.29, 1.82) is 5.26 Å². The summed E-state index contributed by atoms with van der Waals surface area (Å²) in [7, 11) is 0. The van der Waals surface area contributed by atoms with E-state index in [1.165, 1.54) is 23.2 Å². The van der Waals surface area contributed by atoms with Crippen molar-refractivity contribution in [3.8, 4) is 17.6 Å². The van der Waals surface area contributed by atoms with Gasteiger partial charge in [0.25, 0.3) is 0 Å². The number of aryl methyl sites for hydroxylation is 2. The van der Waals surface area contributed by atoms with Crippen LogP contribution in [0.15, 0.2) is 35.7 Å². The first kappa shape index (κ1) is 22.6. The van der Waals surface area contributed by atoms with Crippen molar-refractivity contribution < 1.29 is 14.3 Å². The van der Waals surface area contributed by atoms with Crippen molar-refractivity contribution in [2.45, 2.75) is 34.3 Å². The van der Waals surface area contributed by atoms with Crippen molar-refractivity contribution in [2.24, 2.45) is 0 Å². The lowest BCUT2D eigenvalue weighted by atomic mass is 10.1. The Morgan fingerprint density at radius 1 is 1.23 bits per heavy atom. The maximum Gasteiger partial charge on any atom is 0.230 e. The zero-order valence-electron chi connectivity index (χ0n) is 17.7. The number of anilines is 2. The zero-order chi connectivity index (χ0) is 22.5. The smallest absolute Gasteiger partial charge is 0.230 e. The molecule has 6 nitrogen and oxygen atoms in total. The number of ether oxygens (including phenoxy) is 2. The van der Waals surface area contributed by atoms with Gasteiger partial charge in [0, 0.05) is 18.4 Å². The molecule has 0 unspecified atom stereocenters. The molecule has 0 saturated carbocycles. The van der Waals surface area contributed by atoms with E-state index in [1.807, 2.05) is 38.3 Å². The molecule has 0 aliphatic heterocycles. The Morgan fingerprint density at radius 3 is 2.65 bits per heavy atom. The Balaban J connectivity index is 1.84. The van der Waals surface area contributed by atoms with Crippen LogP contribution in [0.1, 0.15) is 36.2 Å². The molecule has 3 rings (SSSR count). The Hall–Kier alpha value is -3.08. The molecule has 1 heterocycles. The quantitative estimate of drug-likeness (QED) is 0.440. The second-order valence-electron chi connectivity index (χ2n) is 6.88. The third-order valence-corrected chi connectivity index (χ3v) is 5.58. The molecule has 0 atom stereocenters. The second kappa shape index (κ2) is 9.82. The minimum Gasteiger partial charge on any atom is -0.490 e. The topological polar surface area (TPSA) is 75.5 Å². The summed E-state index contributed by atoms with van der Waals surface area (Å²) in [5.41, 5.74) is 3.71. The van der Waals surface area contributed by atoms with Gasteiger partial charge in [-0.25, -0.2) is 4.98 Å². The van der Waals surface area contributed by atoms with E-state index in [9.17, 15) is 4.79 Å². The summed E-state index contributed by atoms with van der Waals surface area (Å²) in [4.78, 5) is 18.6. The Morgan fingerprint density at radius 2 is 2.00 bits per heavy atom. The van der Waals surface area contributed by atoms with Crippen molar-refractivity contribution in [1.82, 2.24) is 4.98 Å². The first-order chi connectivity index (χ1) is 14.8. The van der Waals surface area contributed by atoms with Crippen LogP contribution >= 0.6 is 22.9 Å². The second-order valence-corrected chi connectivity index (χ2v) is 8.13. The fourth-order valence-electron chi connectivity index (χ4n) is 3.16. The summed E-state index contributed by atoms with van der Waals surface area (Å²) in [5.74, 6) is 0.849. The van der Waals surface area contributed by atoms with E-state index in [2.05, 4.69) is 11.1 Å². The zero-order valence-corrected chi connectivity index (χ0v) is 19.3. The highest BCUT2D eigenvalue weighted by atomic mass is 35.5. The highest BCUT2D eigenvalue weighted by Crippen LogP contribution is 2.37. The molecule has 0 aliphatic rings. The van der Waals surface area contributed by atoms with E-state index in [4.69, 9.17) is 26.3 Å². The Kier molecular flexibility index (Phi) is 7.16. The van der Waals surface area contributed by atoms with E-state index in [1.54, 1.807) is 18.2 Å². The fourth-order valence-corrected chi connectivity index (χ4v) is 4.42. The van der Waals surface area contributed by atoms with Crippen molar-refractivity contribution in [3.63, 3.8) is 0 Å². The Bertz CT molecular complexity index is 1130. The van der Waals surface area contributed by atoms with Crippen LogP contribution in [0, 0.1) is 25.2 Å². The van der Waals surface area contributed by atoms with E-state index in [0.717, 1.165) is 11.1 Å². The number of carbonyl (C=O) groups excluding carboxylic acids is 1. The number of benzene rings is 2. The van der Waals surface area contributed by atoms with Crippen LogP contribution in [0.2, 0.25) is 5.02 Å². The minimum absolute atomic E-state index is 0.179. The molecule has 160 valence electrons. The van der Waals surface area contributed by atoms with Crippen molar-refractivity contribution in [3.05, 3.63) is 63.1 Å². The number of halogens is 1. The molecule has 0 N–H and O–H groups in total. The summed E-state index contributed by atoms with van der Waals surface area (Å²) < 4.78 is 11.5. The summed E-state index contributed by atoms with van der Waals surface area (Å²) in [6.45, 7) is 7.87. The van der Waals surface area contributed by atoms with Crippen LogP contribution in [0.3, 0.4) is 0 Å². The van der Waals surface area contributed by atoms with Gasteiger partial charge in [-0.2, -0.15) is 5.26 Å². The van der Waals surface area contributed by atoms with Gasteiger partial charge >= 0.3 is 0 Å². The van der Waals surface area contributed by atoms with Crippen LogP contribution in [-0.2, 0) is 11.4 Å². The number of nitrogens with zero attached hydrogens (tertiary/aromatic N) is 3. The lowest BCUT2D eigenvalue weighted by molar-refractivity contribution is -0.115. The maximum atomic E-state index is 12.5. The van der Waals surface area contributed by atoms with Gasteiger partial charge in [-0.1, -0.05) is 17.7 Å². The highest BCUT2D eigenvalue weighted by Gasteiger charge is 2.23. The van der Waals surface area contributed by atoms with E-state index < -0.39 is 0 Å². The molecule has 0 fully saturated rings. The third-order valence-electron chi connectivity index (χ3n) is 4.42. The summed E-state index contributed by atoms with van der Waals surface area (Å²) >= 11 is 7.80. The molecule has 31 heavy (non-hydrogen) atoms. The van der Waals surface area contributed by atoms with Crippen LogP contribution in [-0.4, -0.2) is 17.5 Å². The summed E-state index contributed by atoms with van der Waals surface area (Å²) in [6, 6.07) is 10.9.